The summed E-state index contributed by atoms with van der Waals surface area (Å²) < 4.78 is 27.9. The van der Waals surface area contributed by atoms with Crippen LogP contribution in [0.2, 0.25) is 0 Å². The van der Waals surface area contributed by atoms with Crippen molar-refractivity contribution >= 4 is 10.0 Å². The molecule has 2 rings (SSSR count). The highest BCUT2D eigenvalue weighted by Gasteiger charge is 2.36. The summed E-state index contributed by atoms with van der Waals surface area (Å²) in [6.45, 7) is 3.74. The highest BCUT2D eigenvalue weighted by Crippen LogP contribution is 2.29. The van der Waals surface area contributed by atoms with Gasteiger partial charge in [0.15, 0.2) is 0 Å². The molecule has 7 heteroatoms. The number of aromatic amines is 1. The Kier molecular flexibility index (Phi) is 3.98. The van der Waals surface area contributed by atoms with Crippen molar-refractivity contribution in [3.05, 3.63) is 11.4 Å². The van der Waals surface area contributed by atoms with Crippen molar-refractivity contribution in [1.29, 1.82) is 0 Å². The van der Waals surface area contributed by atoms with Crippen LogP contribution in [0.15, 0.2) is 4.90 Å². The molecule has 0 saturated heterocycles. The second kappa shape index (κ2) is 5.22. The Labute approximate surface area is 114 Å². The van der Waals surface area contributed by atoms with Gasteiger partial charge in [-0.1, -0.05) is 19.3 Å². The lowest BCUT2D eigenvalue weighted by Gasteiger charge is -2.36. The largest absolute Gasteiger partial charge is 0.329 e. The maximum absolute atomic E-state index is 12.5. The molecule has 1 aromatic heterocycles. The van der Waals surface area contributed by atoms with Crippen LogP contribution in [0, 0.1) is 13.8 Å². The van der Waals surface area contributed by atoms with E-state index in [-0.39, 0.29) is 4.90 Å². The molecule has 0 radical (unpaired) electrons. The minimum atomic E-state index is -3.57. The second-order valence-electron chi connectivity index (χ2n) is 5.41. The zero-order valence-corrected chi connectivity index (χ0v) is 12.3. The summed E-state index contributed by atoms with van der Waals surface area (Å²) in [7, 11) is -3.57. The van der Waals surface area contributed by atoms with Gasteiger partial charge in [0.1, 0.15) is 4.90 Å². The van der Waals surface area contributed by atoms with E-state index in [1.807, 2.05) is 0 Å². The molecule has 0 amide bonds. The molecule has 1 fully saturated rings. The molecule has 1 heterocycles. The lowest BCUT2D eigenvalue weighted by Crippen LogP contribution is -2.54. The summed E-state index contributed by atoms with van der Waals surface area (Å²) in [6.07, 6.45) is 4.79. The molecule has 1 aliphatic rings. The predicted octanol–water partition coefficient (Wildman–Crippen LogP) is 0.966. The van der Waals surface area contributed by atoms with E-state index in [0.717, 1.165) is 32.1 Å². The van der Waals surface area contributed by atoms with E-state index in [4.69, 9.17) is 5.73 Å². The van der Waals surface area contributed by atoms with Crippen LogP contribution in [-0.4, -0.2) is 30.7 Å². The van der Waals surface area contributed by atoms with Crippen LogP contribution in [0.3, 0.4) is 0 Å². The van der Waals surface area contributed by atoms with Crippen molar-refractivity contribution in [3.63, 3.8) is 0 Å². The summed E-state index contributed by atoms with van der Waals surface area (Å²) in [5.41, 5.74) is 6.39. The van der Waals surface area contributed by atoms with Gasteiger partial charge in [0.25, 0.3) is 0 Å². The van der Waals surface area contributed by atoms with Crippen LogP contribution in [0.25, 0.3) is 0 Å². The first-order valence-electron chi connectivity index (χ1n) is 6.66. The highest BCUT2D eigenvalue weighted by atomic mass is 32.2. The van der Waals surface area contributed by atoms with E-state index in [9.17, 15) is 8.42 Å². The van der Waals surface area contributed by atoms with Gasteiger partial charge >= 0.3 is 0 Å². The fourth-order valence-corrected chi connectivity index (χ4v) is 4.69. The van der Waals surface area contributed by atoms with Crippen LogP contribution in [0.5, 0.6) is 0 Å². The highest BCUT2D eigenvalue weighted by molar-refractivity contribution is 7.89. The number of hydrogen-bond donors (Lipinski definition) is 3. The average Bonchev–Trinajstić information content (AvgIpc) is 2.70. The van der Waals surface area contributed by atoms with Crippen molar-refractivity contribution in [3.8, 4) is 0 Å². The number of sulfonamides is 1. The van der Waals surface area contributed by atoms with Gasteiger partial charge in [-0.2, -0.15) is 5.10 Å². The van der Waals surface area contributed by atoms with Crippen LogP contribution < -0.4 is 10.5 Å². The Morgan fingerprint density at radius 3 is 2.42 bits per heavy atom. The number of aryl methyl sites for hydroxylation is 2. The molecular weight excluding hydrogens is 264 g/mol. The fourth-order valence-electron chi connectivity index (χ4n) is 2.85. The van der Waals surface area contributed by atoms with E-state index in [0.29, 0.717) is 17.9 Å². The van der Waals surface area contributed by atoms with Crippen LogP contribution >= 0.6 is 0 Å². The molecule has 0 unspecified atom stereocenters. The molecule has 0 spiro atoms. The zero-order chi connectivity index (χ0) is 14.1. The molecule has 1 aliphatic carbocycles. The van der Waals surface area contributed by atoms with Gasteiger partial charge in [0.05, 0.1) is 11.4 Å². The molecule has 4 N–H and O–H groups in total. The summed E-state index contributed by atoms with van der Waals surface area (Å²) in [6, 6.07) is 0. The lowest BCUT2D eigenvalue weighted by atomic mass is 9.83. The van der Waals surface area contributed by atoms with Gasteiger partial charge in [0.2, 0.25) is 10.0 Å². The normalized spacial score (nSPS) is 19.5. The third-order valence-corrected chi connectivity index (χ3v) is 5.72. The van der Waals surface area contributed by atoms with Crippen LogP contribution in [0.1, 0.15) is 43.5 Å². The summed E-state index contributed by atoms with van der Waals surface area (Å²) >= 11 is 0. The van der Waals surface area contributed by atoms with E-state index < -0.39 is 15.6 Å². The van der Waals surface area contributed by atoms with Crippen LogP contribution in [-0.2, 0) is 10.0 Å². The van der Waals surface area contributed by atoms with Crippen molar-refractivity contribution in [2.45, 2.75) is 56.4 Å². The number of aromatic nitrogens is 2. The van der Waals surface area contributed by atoms with Gasteiger partial charge in [0, 0.05) is 12.1 Å². The Morgan fingerprint density at radius 1 is 1.32 bits per heavy atom. The molecule has 19 heavy (non-hydrogen) atoms. The molecular formula is C12H22N4O2S. The maximum atomic E-state index is 12.5. The molecule has 1 aromatic rings. The van der Waals surface area contributed by atoms with Crippen molar-refractivity contribution < 1.29 is 8.42 Å². The molecule has 1 saturated carbocycles. The third-order valence-electron chi connectivity index (χ3n) is 3.88. The van der Waals surface area contributed by atoms with Gasteiger partial charge in [-0.3, -0.25) is 5.10 Å². The SMILES string of the molecule is Cc1n[nH]c(C)c1S(=O)(=O)NC1(CN)CCCCC1. The Morgan fingerprint density at radius 2 is 1.95 bits per heavy atom. The average molecular weight is 286 g/mol. The van der Waals surface area contributed by atoms with Crippen LogP contribution in [0.4, 0.5) is 0 Å². The second-order valence-corrected chi connectivity index (χ2v) is 7.03. The van der Waals surface area contributed by atoms with Crippen molar-refractivity contribution in [2.24, 2.45) is 5.73 Å². The Balaban J connectivity index is 2.30. The third kappa shape index (κ3) is 2.82. The minimum Gasteiger partial charge on any atom is -0.329 e. The molecule has 6 nitrogen and oxygen atoms in total. The topological polar surface area (TPSA) is 101 Å². The van der Waals surface area contributed by atoms with E-state index in [2.05, 4.69) is 14.9 Å². The van der Waals surface area contributed by atoms with Gasteiger partial charge < -0.3 is 5.73 Å². The van der Waals surface area contributed by atoms with E-state index in [1.165, 1.54) is 0 Å². The fraction of sp³-hybridized carbons (Fsp3) is 0.750. The number of rotatable bonds is 4. The molecule has 0 atom stereocenters. The number of hydrogen-bond acceptors (Lipinski definition) is 4. The van der Waals surface area contributed by atoms with Gasteiger partial charge in [-0.25, -0.2) is 13.1 Å². The summed E-state index contributed by atoms with van der Waals surface area (Å²) in [5.74, 6) is 0. The first-order valence-corrected chi connectivity index (χ1v) is 8.14. The molecule has 0 aromatic carbocycles. The number of H-pyrrole nitrogens is 1. The first kappa shape index (κ1) is 14.5. The number of nitrogens with two attached hydrogens (primary N) is 1. The predicted molar refractivity (Wildman–Crippen MR) is 73.3 cm³/mol. The Bertz CT molecular complexity index is 525. The summed E-state index contributed by atoms with van der Waals surface area (Å²) in [5, 5.41) is 6.66. The lowest BCUT2D eigenvalue weighted by molar-refractivity contribution is 0.276. The number of nitrogens with one attached hydrogen (secondary N) is 2. The summed E-state index contributed by atoms with van der Waals surface area (Å²) in [4.78, 5) is 0.255. The van der Waals surface area contributed by atoms with E-state index >= 15 is 0 Å². The number of nitrogens with zero attached hydrogens (tertiary/aromatic N) is 1. The molecule has 108 valence electrons. The van der Waals surface area contributed by atoms with Gasteiger partial charge in [-0.05, 0) is 26.7 Å². The van der Waals surface area contributed by atoms with Gasteiger partial charge in [-0.15, -0.1) is 0 Å². The standard InChI is InChI=1S/C12H22N4O2S/c1-9-11(10(2)15-14-9)19(17,18)16-12(8-13)6-4-3-5-7-12/h16H,3-8,13H2,1-2H3,(H,14,15). The molecule has 0 aliphatic heterocycles. The van der Waals surface area contributed by atoms with Crippen molar-refractivity contribution in [2.75, 3.05) is 6.54 Å². The monoisotopic (exact) mass is 286 g/mol. The molecule has 0 bridgehead atoms. The first-order chi connectivity index (χ1) is 8.90. The van der Waals surface area contributed by atoms with E-state index in [1.54, 1.807) is 13.8 Å². The quantitative estimate of drug-likeness (QED) is 0.767. The zero-order valence-electron chi connectivity index (χ0n) is 11.5. The maximum Gasteiger partial charge on any atom is 0.244 e. The Hall–Kier alpha value is -0.920. The van der Waals surface area contributed by atoms with Crippen molar-refractivity contribution in [1.82, 2.24) is 14.9 Å². The minimum absolute atomic E-state index is 0.255. The smallest absolute Gasteiger partial charge is 0.244 e.